The fourth-order valence-corrected chi connectivity index (χ4v) is 3.09. The van der Waals surface area contributed by atoms with E-state index in [9.17, 15) is 9.59 Å². The number of alkyl carbamates (subject to hydrolysis) is 1. The smallest absolute Gasteiger partial charge is 0.407 e. The number of esters is 1. The molecule has 0 bridgehead atoms. The number of ether oxygens (including phenoxy) is 2. The molecule has 1 fully saturated rings. The SMILES string of the molecule is O=C(/C=C/c1cn(-c2ccccc2)nc1-c1ccc(Cl)cc1)OCC1CNC(=O)O1. The van der Waals surface area contributed by atoms with Gasteiger partial charge in [-0.1, -0.05) is 41.9 Å². The van der Waals surface area contributed by atoms with Gasteiger partial charge in [-0.05, 0) is 30.3 Å². The molecule has 1 aromatic heterocycles. The number of hydrogen-bond donors (Lipinski definition) is 1. The van der Waals surface area contributed by atoms with Crippen molar-refractivity contribution in [2.24, 2.45) is 0 Å². The van der Waals surface area contributed by atoms with Crippen molar-refractivity contribution in [1.82, 2.24) is 15.1 Å². The van der Waals surface area contributed by atoms with Gasteiger partial charge in [0.2, 0.25) is 0 Å². The van der Waals surface area contributed by atoms with Gasteiger partial charge in [-0.3, -0.25) is 0 Å². The van der Waals surface area contributed by atoms with Crippen molar-refractivity contribution in [3.05, 3.63) is 77.5 Å². The van der Waals surface area contributed by atoms with Crippen LogP contribution in [0, 0.1) is 0 Å². The zero-order valence-corrected chi connectivity index (χ0v) is 16.6. The topological polar surface area (TPSA) is 82.5 Å². The lowest BCUT2D eigenvalue weighted by atomic mass is 10.1. The fourth-order valence-electron chi connectivity index (χ4n) is 2.96. The summed E-state index contributed by atoms with van der Waals surface area (Å²) in [6.45, 7) is 0.315. The molecule has 1 unspecified atom stereocenters. The van der Waals surface area contributed by atoms with Crippen LogP contribution in [0.25, 0.3) is 23.0 Å². The third-order valence-corrected chi connectivity index (χ3v) is 4.69. The third-order valence-electron chi connectivity index (χ3n) is 4.44. The Hall–Kier alpha value is -3.58. The van der Waals surface area contributed by atoms with Crippen LogP contribution in [0.2, 0.25) is 5.02 Å². The lowest BCUT2D eigenvalue weighted by Crippen LogP contribution is -2.21. The number of halogens is 1. The van der Waals surface area contributed by atoms with Crippen molar-refractivity contribution in [1.29, 1.82) is 0 Å². The standard InChI is InChI=1S/C22H18ClN3O4/c23-17-9-6-15(7-10-17)21-16(13-26(25-21)18-4-2-1-3-5-18)8-11-20(27)29-14-19-12-24-22(28)30-19/h1-11,13,19H,12,14H2,(H,24,28)/b11-8+. The summed E-state index contributed by atoms with van der Waals surface area (Å²) in [4.78, 5) is 23.1. The Morgan fingerprint density at radius 1 is 1.23 bits per heavy atom. The van der Waals surface area contributed by atoms with Crippen LogP contribution in [0.4, 0.5) is 4.79 Å². The summed E-state index contributed by atoms with van der Waals surface area (Å²) < 4.78 is 11.8. The van der Waals surface area contributed by atoms with E-state index in [4.69, 9.17) is 21.1 Å². The molecule has 0 radical (unpaired) electrons. The third kappa shape index (κ3) is 4.69. The van der Waals surface area contributed by atoms with E-state index in [1.165, 1.54) is 6.08 Å². The molecule has 2 heterocycles. The van der Waals surface area contributed by atoms with E-state index in [0.29, 0.717) is 17.3 Å². The molecule has 1 amide bonds. The quantitative estimate of drug-likeness (QED) is 0.481. The summed E-state index contributed by atoms with van der Waals surface area (Å²) in [7, 11) is 0. The highest BCUT2D eigenvalue weighted by Crippen LogP contribution is 2.26. The minimum absolute atomic E-state index is 0.00473. The number of benzene rings is 2. The maximum Gasteiger partial charge on any atom is 0.407 e. The molecule has 0 spiro atoms. The van der Waals surface area contributed by atoms with Crippen LogP contribution < -0.4 is 5.32 Å². The molecule has 152 valence electrons. The van der Waals surface area contributed by atoms with Gasteiger partial charge < -0.3 is 14.8 Å². The van der Waals surface area contributed by atoms with Crippen molar-refractivity contribution in [2.45, 2.75) is 6.10 Å². The van der Waals surface area contributed by atoms with Gasteiger partial charge in [-0.25, -0.2) is 14.3 Å². The monoisotopic (exact) mass is 423 g/mol. The minimum Gasteiger partial charge on any atom is -0.459 e. The molecule has 1 aliphatic heterocycles. The van der Waals surface area contributed by atoms with Crippen LogP contribution in [0.15, 0.2) is 66.9 Å². The second kappa shape index (κ2) is 8.84. The first-order valence-corrected chi connectivity index (χ1v) is 9.66. The summed E-state index contributed by atoms with van der Waals surface area (Å²) >= 11 is 6.00. The number of aromatic nitrogens is 2. The number of carbonyl (C=O) groups excluding carboxylic acids is 2. The highest BCUT2D eigenvalue weighted by molar-refractivity contribution is 6.30. The Morgan fingerprint density at radius 2 is 2.00 bits per heavy atom. The first-order valence-electron chi connectivity index (χ1n) is 9.29. The van der Waals surface area contributed by atoms with Crippen LogP contribution in [-0.2, 0) is 14.3 Å². The molecule has 1 atom stereocenters. The molecule has 1 N–H and O–H groups in total. The molecule has 2 aromatic carbocycles. The summed E-state index contributed by atoms with van der Waals surface area (Å²) in [5.41, 5.74) is 3.21. The molecule has 0 aliphatic carbocycles. The van der Waals surface area contributed by atoms with E-state index in [1.807, 2.05) is 48.7 Å². The highest BCUT2D eigenvalue weighted by atomic mass is 35.5. The van der Waals surface area contributed by atoms with E-state index in [2.05, 4.69) is 10.4 Å². The van der Waals surface area contributed by atoms with Crippen LogP contribution in [0.1, 0.15) is 5.56 Å². The van der Waals surface area contributed by atoms with Gasteiger partial charge in [0.1, 0.15) is 6.61 Å². The molecule has 0 saturated carbocycles. The average molecular weight is 424 g/mol. The van der Waals surface area contributed by atoms with Gasteiger partial charge in [-0.2, -0.15) is 5.10 Å². The van der Waals surface area contributed by atoms with Crippen LogP contribution in [-0.4, -0.2) is 41.1 Å². The van der Waals surface area contributed by atoms with Gasteiger partial charge >= 0.3 is 12.1 Å². The number of rotatable bonds is 6. The Labute approximate surface area is 177 Å². The van der Waals surface area contributed by atoms with Crippen LogP contribution in [0.5, 0.6) is 0 Å². The molecule has 8 heteroatoms. The van der Waals surface area contributed by atoms with Gasteiger partial charge in [-0.15, -0.1) is 0 Å². The predicted octanol–water partition coefficient (Wildman–Crippen LogP) is 3.86. The highest BCUT2D eigenvalue weighted by Gasteiger charge is 2.23. The first kappa shape index (κ1) is 19.7. The normalized spacial score (nSPS) is 15.8. The zero-order chi connectivity index (χ0) is 20.9. The summed E-state index contributed by atoms with van der Waals surface area (Å²) in [5.74, 6) is -0.535. The van der Waals surface area contributed by atoms with Crippen molar-refractivity contribution in [3.8, 4) is 16.9 Å². The Morgan fingerprint density at radius 3 is 2.70 bits per heavy atom. The fraction of sp³-hybridized carbons (Fsp3) is 0.136. The van der Waals surface area contributed by atoms with Crippen molar-refractivity contribution < 1.29 is 19.1 Å². The maximum atomic E-state index is 12.1. The molecular formula is C22H18ClN3O4. The molecular weight excluding hydrogens is 406 g/mol. The van der Waals surface area contributed by atoms with Crippen LogP contribution >= 0.6 is 11.6 Å². The van der Waals surface area contributed by atoms with Crippen molar-refractivity contribution in [3.63, 3.8) is 0 Å². The Kier molecular flexibility index (Phi) is 5.81. The molecule has 30 heavy (non-hydrogen) atoms. The van der Waals surface area contributed by atoms with E-state index in [0.717, 1.165) is 16.8 Å². The molecule has 1 aliphatic rings. The number of carbonyl (C=O) groups is 2. The Balaban J connectivity index is 1.55. The molecule has 4 rings (SSSR count). The number of amides is 1. The van der Waals surface area contributed by atoms with Crippen LogP contribution in [0.3, 0.4) is 0 Å². The Bertz CT molecular complexity index is 1080. The summed E-state index contributed by atoms with van der Waals surface area (Å²) in [5, 5.41) is 7.82. The van der Waals surface area contributed by atoms with E-state index in [-0.39, 0.29) is 6.61 Å². The number of para-hydroxylation sites is 1. The van der Waals surface area contributed by atoms with Gasteiger partial charge in [0.05, 0.1) is 17.9 Å². The van der Waals surface area contributed by atoms with Crippen molar-refractivity contribution >= 4 is 29.7 Å². The predicted molar refractivity (Wildman–Crippen MR) is 112 cm³/mol. The number of nitrogens with zero attached hydrogens (tertiary/aromatic N) is 2. The lowest BCUT2D eigenvalue weighted by Gasteiger charge is -2.06. The number of hydrogen-bond acceptors (Lipinski definition) is 5. The van der Waals surface area contributed by atoms with E-state index >= 15 is 0 Å². The lowest BCUT2D eigenvalue weighted by molar-refractivity contribution is -0.139. The first-order chi connectivity index (χ1) is 14.6. The maximum absolute atomic E-state index is 12.1. The second-order valence-corrected chi connectivity index (χ2v) is 7.03. The molecule has 1 saturated heterocycles. The van der Waals surface area contributed by atoms with Gasteiger partial charge in [0.15, 0.2) is 6.10 Å². The summed E-state index contributed by atoms with van der Waals surface area (Å²) in [6.07, 6.45) is 3.84. The largest absolute Gasteiger partial charge is 0.459 e. The zero-order valence-electron chi connectivity index (χ0n) is 15.8. The van der Waals surface area contributed by atoms with E-state index < -0.39 is 18.2 Å². The van der Waals surface area contributed by atoms with E-state index in [1.54, 1.807) is 22.9 Å². The number of nitrogens with one attached hydrogen (secondary N) is 1. The molecule has 7 nitrogen and oxygen atoms in total. The van der Waals surface area contributed by atoms with Gasteiger partial charge in [0, 0.05) is 28.4 Å². The second-order valence-electron chi connectivity index (χ2n) is 6.59. The molecule has 3 aromatic rings. The summed E-state index contributed by atoms with van der Waals surface area (Å²) in [6, 6.07) is 17.0. The average Bonchev–Trinajstić information content (AvgIpc) is 3.38. The van der Waals surface area contributed by atoms with Crippen molar-refractivity contribution in [2.75, 3.05) is 13.2 Å². The van der Waals surface area contributed by atoms with Gasteiger partial charge in [0.25, 0.3) is 0 Å². The minimum atomic E-state index is -0.535. The number of cyclic esters (lactones) is 1.